The summed E-state index contributed by atoms with van der Waals surface area (Å²) in [4.78, 5) is 4.22. The molecule has 2 heterocycles. The molecular formula is C16H26N6O. The molecule has 0 unspecified atom stereocenters. The zero-order chi connectivity index (χ0) is 16.3. The molecule has 23 heavy (non-hydrogen) atoms. The van der Waals surface area contributed by atoms with Gasteiger partial charge in [-0.3, -0.25) is 9.39 Å². The SMILES string of the molecule is CCOCCCCNC(=NC)NCCc1nnc2ccccn12. The van der Waals surface area contributed by atoms with Crippen molar-refractivity contribution in [3.8, 4) is 0 Å². The van der Waals surface area contributed by atoms with Gasteiger partial charge in [0.1, 0.15) is 5.82 Å². The number of hydrogen-bond donors (Lipinski definition) is 2. The Balaban J connectivity index is 1.67. The summed E-state index contributed by atoms with van der Waals surface area (Å²) in [6.07, 6.45) is 4.89. The van der Waals surface area contributed by atoms with Crippen LogP contribution in [0.15, 0.2) is 29.4 Å². The first-order chi connectivity index (χ1) is 11.3. The fraction of sp³-hybridized carbons (Fsp3) is 0.562. The lowest BCUT2D eigenvalue weighted by Crippen LogP contribution is -2.38. The van der Waals surface area contributed by atoms with E-state index in [0.717, 1.165) is 63.0 Å². The first-order valence-electron chi connectivity index (χ1n) is 8.16. The summed E-state index contributed by atoms with van der Waals surface area (Å²) < 4.78 is 7.32. The third kappa shape index (κ3) is 5.52. The van der Waals surface area contributed by atoms with Crippen LogP contribution in [0.2, 0.25) is 0 Å². The summed E-state index contributed by atoms with van der Waals surface area (Å²) in [6.45, 7) is 5.27. The van der Waals surface area contributed by atoms with Gasteiger partial charge in [-0.25, -0.2) is 0 Å². The largest absolute Gasteiger partial charge is 0.382 e. The van der Waals surface area contributed by atoms with Gasteiger partial charge in [0, 0.05) is 46.0 Å². The van der Waals surface area contributed by atoms with Crippen molar-refractivity contribution in [3.63, 3.8) is 0 Å². The third-order valence-corrected chi connectivity index (χ3v) is 3.46. The van der Waals surface area contributed by atoms with E-state index in [1.165, 1.54) is 0 Å². The lowest BCUT2D eigenvalue weighted by molar-refractivity contribution is 0.143. The number of nitrogens with zero attached hydrogens (tertiary/aromatic N) is 4. The van der Waals surface area contributed by atoms with Gasteiger partial charge in [0.15, 0.2) is 11.6 Å². The predicted molar refractivity (Wildman–Crippen MR) is 91.8 cm³/mol. The highest BCUT2D eigenvalue weighted by Gasteiger charge is 2.04. The van der Waals surface area contributed by atoms with Crippen LogP contribution in [0.1, 0.15) is 25.6 Å². The second kappa shape index (κ2) is 9.78. The minimum Gasteiger partial charge on any atom is -0.382 e. The first-order valence-corrected chi connectivity index (χ1v) is 8.16. The molecule has 7 heteroatoms. The zero-order valence-electron chi connectivity index (χ0n) is 14.0. The quantitative estimate of drug-likeness (QED) is 0.413. The standard InChI is InChI=1S/C16H26N6O/c1-3-23-13-7-5-10-18-16(17-2)19-11-9-15-21-20-14-8-4-6-12-22(14)15/h4,6,8,12H,3,5,7,9-11,13H2,1-2H3,(H2,17,18,19). The highest BCUT2D eigenvalue weighted by Crippen LogP contribution is 2.02. The third-order valence-electron chi connectivity index (χ3n) is 3.46. The molecule has 0 aliphatic carbocycles. The summed E-state index contributed by atoms with van der Waals surface area (Å²) in [5.74, 6) is 1.76. The highest BCUT2D eigenvalue weighted by atomic mass is 16.5. The Bertz CT molecular complexity index is 609. The minimum atomic E-state index is 0.758. The smallest absolute Gasteiger partial charge is 0.190 e. The summed E-state index contributed by atoms with van der Waals surface area (Å²) in [5.41, 5.74) is 0.874. The van der Waals surface area contributed by atoms with Crippen LogP contribution in [-0.2, 0) is 11.2 Å². The van der Waals surface area contributed by atoms with Gasteiger partial charge >= 0.3 is 0 Å². The minimum absolute atomic E-state index is 0.758. The van der Waals surface area contributed by atoms with Gasteiger partial charge in [0.25, 0.3) is 0 Å². The number of hydrogen-bond acceptors (Lipinski definition) is 4. The molecule has 0 radical (unpaired) electrons. The lowest BCUT2D eigenvalue weighted by atomic mass is 10.3. The Kier molecular flexibility index (Phi) is 7.32. The lowest BCUT2D eigenvalue weighted by Gasteiger charge is -2.11. The van der Waals surface area contributed by atoms with Crippen molar-refractivity contribution in [2.24, 2.45) is 4.99 Å². The Morgan fingerprint density at radius 2 is 2.09 bits per heavy atom. The van der Waals surface area contributed by atoms with Crippen LogP contribution in [0.5, 0.6) is 0 Å². The van der Waals surface area contributed by atoms with Gasteiger partial charge in [-0.05, 0) is 31.9 Å². The molecule has 2 aromatic heterocycles. The van der Waals surface area contributed by atoms with Gasteiger partial charge < -0.3 is 15.4 Å². The van der Waals surface area contributed by atoms with Crippen molar-refractivity contribution in [2.75, 3.05) is 33.4 Å². The molecule has 0 atom stereocenters. The normalized spacial score (nSPS) is 11.8. The average Bonchev–Trinajstić information content (AvgIpc) is 2.99. The summed E-state index contributed by atoms with van der Waals surface area (Å²) in [7, 11) is 1.78. The van der Waals surface area contributed by atoms with Crippen molar-refractivity contribution in [1.29, 1.82) is 0 Å². The van der Waals surface area contributed by atoms with Gasteiger partial charge in [-0.15, -0.1) is 10.2 Å². The molecule has 0 aliphatic heterocycles. The van der Waals surface area contributed by atoms with Crippen LogP contribution < -0.4 is 10.6 Å². The van der Waals surface area contributed by atoms with Gasteiger partial charge in [-0.1, -0.05) is 6.07 Å². The predicted octanol–water partition coefficient (Wildman–Crippen LogP) is 1.25. The molecule has 2 rings (SSSR count). The second-order valence-electron chi connectivity index (χ2n) is 5.12. The molecule has 0 bridgehead atoms. The maximum atomic E-state index is 5.32. The van der Waals surface area contributed by atoms with E-state index in [0.29, 0.717) is 0 Å². The molecule has 0 fully saturated rings. The Morgan fingerprint density at radius 1 is 1.22 bits per heavy atom. The van der Waals surface area contributed by atoms with Gasteiger partial charge in [0.05, 0.1) is 0 Å². The van der Waals surface area contributed by atoms with E-state index >= 15 is 0 Å². The van der Waals surface area contributed by atoms with E-state index in [4.69, 9.17) is 4.74 Å². The van der Waals surface area contributed by atoms with E-state index in [1.807, 2.05) is 35.7 Å². The first kappa shape index (κ1) is 17.2. The van der Waals surface area contributed by atoms with E-state index in [1.54, 1.807) is 7.05 Å². The summed E-state index contributed by atoms with van der Waals surface area (Å²) >= 11 is 0. The zero-order valence-corrected chi connectivity index (χ0v) is 14.0. The molecule has 0 aliphatic rings. The molecule has 126 valence electrons. The Labute approximate surface area is 137 Å². The van der Waals surface area contributed by atoms with Gasteiger partial charge in [-0.2, -0.15) is 0 Å². The molecule has 0 saturated heterocycles. The summed E-state index contributed by atoms with van der Waals surface area (Å²) in [5, 5.41) is 15.0. The number of pyridine rings is 1. The monoisotopic (exact) mass is 318 g/mol. The van der Waals surface area contributed by atoms with E-state index in [2.05, 4.69) is 25.8 Å². The van der Waals surface area contributed by atoms with Crippen molar-refractivity contribution in [3.05, 3.63) is 30.2 Å². The molecule has 2 N–H and O–H groups in total. The molecule has 0 spiro atoms. The molecule has 0 aromatic carbocycles. The fourth-order valence-electron chi connectivity index (χ4n) is 2.25. The van der Waals surface area contributed by atoms with Crippen LogP contribution in [0, 0.1) is 0 Å². The Hall–Kier alpha value is -2.15. The maximum Gasteiger partial charge on any atom is 0.190 e. The topological polar surface area (TPSA) is 75.8 Å². The van der Waals surface area contributed by atoms with Crippen molar-refractivity contribution in [2.45, 2.75) is 26.2 Å². The Morgan fingerprint density at radius 3 is 2.91 bits per heavy atom. The molecule has 7 nitrogen and oxygen atoms in total. The number of ether oxygens (including phenoxy) is 1. The molecule has 0 amide bonds. The van der Waals surface area contributed by atoms with Crippen LogP contribution in [0.4, 0.5) is 0 Å². The fourth-order valence-corrected chi connectivity index (χ4v) is 2.25. The number of fused-ring (bicyclic) bond motifs is 1. The van der Waals surface area contributed by atoms with E-state index < -0.39 is 0 Å². The number of rotatable bonds is 9. The average molecular weight is 318 g/mol. The van der Waals surface area contributed by atoms with Crippen LogP contribution in [0.3, 0.4) is 0 Å². The van der Waals surface area contributed by atoms with Crippen LogP contribution in [0.25, 0.3) is 5.65 Å². The van der Waals surface area contributed by atoms with Crippen LogP contribution in [-0.4, -0.2) is 53.9 Å². The number of aliphatic imine (C=N–C) groups is 1. The number of aromatic nitrogens is 3. The second-order valence-corrected chi connectivity index (χ2v) is 5.12. The van der Waals surface area contributed by atoms with Crippen LogP contribution >= 0.6 is 0 Å². The number of nitrogens with one attached hydrogen (secondary N) is 2. The highest BCUT2D eigenvalue weighted by molar-refractivity contribution is 5.79. The molecular weight excluding hydrogens is 292 g/mol. The van der Waals surface area contributed by atoms with Crippen molar-refractivity contribution < 1.29 is 4.74 Å². The number of guanidine groups is 1. The van der Waals surface area contributed by atoms with Crippen molar-refractivity contribution in [1.82, 2.24) is 25.2 Å². The van der Waals surface area contributed by atoms with E-state index in [9.17, 15) is 0 Å². The van der Waals surface area contributed by atoms with E-state index in [-0.39, 0.29) is 0 Å². The molecule has 2 aromatic rings. The maximum absolute atomic E-state index is 5.32. The molecule has 0 saturated carbocycles. The van der Waals surface area contributed by atoms with Gasteiger partial charge in [0.2, 0.25) is 0 Å². The summed E-state index contributed by atoms with van der Waals surface area (Å²) in [6, 6.07) is 5.89. The number of unbranched alkanes of at least 4 members (excludes halogenated alkanes) is 1. The van der Waals surface area contributed by atoms with Crippen molar-refractivity contribution >= 4 is 11.6 Å².